The predicted octanol–water partition coefficient (Wildman–Crippen LogP) is 6.47. The van der Waals surface area contributed by atoms with Crippen LogP contribution in [0.3, 0.4) is 0 Å². The third kappa shape index (κ3) is 2.33. The van der Waals surface area contributed by atoms with E-state index in [4.69, 9.17) is 0 Å². The van der Waals surface area contributed by atoms with E-state index in [9.17, 15) is 0 Å². The first kappa shape index (κ1) is 15.0. The molecule has 0 nitrogen and oxygen atoms in total. The molecule has 0 atom stereocenters. The Labute approximate surface area is 148 Å². The van der Waals surface area contributed by atoms with E-state index in [0.717, 1.165) is 17.3 Å². The van der Waals surface area contributed by atoms with Gasteiger partial charge in [0.25, 0.3) is 0 Å². The maximum Gasteiger partial charge on any atom is 0.0283 e. The molecule has 106 valence electrons. The van der Waals surface area contributed by atoms with Gasteiger partial charge in [-0.1, -0.05) is 40.2 Å². The number of halogens is 2. The smallest absolute Gasteiger partial charge is 0.0283 e. The van der Waals surface area contributed by atoms with Crippen molar-refractivity contribution >= 4 is 38.5 Å². The van der Waals surface area contributed by atoms with Crippen LogP contribution < -0.4 is 0 Å². The first-order valence-corrected chi connectivity index (χ1v) is 8.82. The first-order valence-electron chi connectivity index (χ1n) is 6.94. The number of fused-ring (bicyclic) bond motifs is 3. The van der Waals surface area contributed by atoms with Crippen molar-refractivity contribution in [3.63, 3.8) is 0 Å². The van der Waals surface area contributed by atoms with Gasteiger partial charge in [0.15, 0.2) is 0 Å². The first-order chi connectivity index (χ1) is 10.1. The molecule has 3 rings (SSSR count). The van der Waals surface area contributed by atoms with E-state index in [1.54, 1.807) is 0 Å². The second kappa shape index (κ2) is 5.73. The van der Waals surface area contributed by atoms with Gasteiger partial charge in [-0.2, -0.15) is 0 Å². The van der Waals surface area contributed by atoms with Crippen molar-refractivity contribution in [3.8, 4) is 11.1 Å². The van der Waals surface area contributed by atoms with Gasteiger partial charge in [0, 0.05) is 13.5 Å². The Morgan fingerprint density at radius 3 is 2.14 bits per heavy atom. The average Bonchev–Trinajstić information content (AvgIpc) is 2.70. The lowest BCUT2D eigenvalue weighted by atomic mass is 9.73. The van der Waals surface area contributed by atoms with E-state index in [1.165, 1.54) is 25.8 Å². The van der Waals surface area contributed by atoms with Crippen molar-refractivity contribution in [1.29, 1.82) is 0 Å². The Morgan fingerprint density at radius 2 is 1.52 bits per heavy atom. The summed E-state index contributed by atoms with van der Waals surface area (Å²) in [5.74, 6) is 0. The highest BCUT2D eigenvalue weighted by Crippen LogP contribution is 2.53. The summed E-state index contributed by atoms with van der Waals surface area (Å²) in [7, 11) is 0. The summed E-state index contributed by atoms with van der Waals surface area (Å²) in [6, 6.07) is 13.4. The maximum absolute atomic E-state index is 3.99. The maximum atomic E-state index is 3.99. The molecule has 0 amide bonds. The highest BCUT2D eigenvalue weighted by Gasteiger charge is 2.41. The molecule has 0 aliphatic heterocycles. The van der Waals surface area contributed by atoms with Crippen molar-refractivity contribution in [1.82, 2.24) is 0 Å². The van der Waals surface area contributed by atoms with Crippen LogP contribution in [0.5, 0.6) is 0 Å². The zero-order valence-electron chi connectivity index (χ0n) is 11.7. The topological polar surface area (TPSA) is 0 Å². The van der Waals surface area contributed by atoms with Gasteiger partial charge in [0.05, 0.1) is 0 Å². The number of rotatable bonds is 4. The molecule has 1 aliphatic rings. The average molecular weight is 451 g/mol. The van der Waals surface area contributed by atoms with E-state index in [2.05, 4.69) is 88.1 Å². The van der Waals surface area contributed by atoms with E-state index in [0.29, 0.717) is 0 Å². The highest BCUT2D eigenvalue weighted by atomic mass is 127. The Morgan fingerprint density at radius 1 is 0.952 bits per heavy atom. The lowest BCUT2D eigenvalue weighted by molar-refractivity contribution is 0.543. The fourth-order valence-electron chi connectivity index (χ4n) is 3.47. The molecule has 0 spiro atoms. The normalized spacial score (nSPS) is 14.4. The molecule has 2 aromatic rings. The van der Waals surface area contributed by atoms with Gasteiger partial charge in [-0.3, -0.25) is 0 Å². The molecule has 0 unspecified atom stereocenters. The molecular formula is C19H16BrI. The molecule has 0 saturated heterocycles. The van der Waals surface area contributed by atoms with Crippen LogP contribution in [0.15, 0.2) is 66.2 Å². The van der Waals surface area contributed by atoms with Crippen LogP contribution in [0, 0.1) is 3.57 Å². The number of allylic oxidation sites excluding steroid dienone is 2. The molecule has 2 heteroatoms. The minimum atomic E-state index is -0.0147. The number of benzene rings is 2. The Kier molecular flexibility index (Phi) is 4.10. The van der Waals surface area contributed by atoms with Crippen molar-refractivity contribution in [2.75, 3.05) is 0 Å². The molecular weight excluding hydrogens is 435 g/mol. The largest absolute Gasteiger partial charge is 0.103 e. The molecule has 0 saturated carbocycles. The summed E-state index contributed by atoms with van der Waals surface area (Å²) in [6.07, 6.45) is 5.92. The van der Waals surface area contributed by atoms with Gasteiger partial charge >= 0.3 is 0 Å². The molecule has 2 aromatic carbocycles. The highest BCUT2D eigenvalue weighted by molar-refractivity contribution is 14.1. The third-order valence-corrected chi connectivity index (χ3v) is 5.43. The quantitative estimate of drug-likeness (QED) is 0.369. The summed E-state index contributed by atoms with van der Waals surface area (Å²) < 4.78 is 2.39. The van der Waals surface area contributed by atoms with Gasteiger partial charge < -0.3 is 0 Å². The minimum Gasteiger partial charge on any atom is -0.103 e. The standard InChI is InChI=1S/C19H16BrI/c1-3-9-19(10-4-2)17-7-5-13(20)11-15(17)16-12-14(21)6-8-18(16)19/h3-8,11-12H,1-2,9-10H2. The van der Waals surface area contributed by atoms with Crippen molar-refractivity contribution in [3.05, 3.63) is 80.9 Å². The molecule has 0 fully saturated rings. The van der Waals surface area contributed by atoms with E-state index < -0.39 is 0 Å². The third-order valence-electron chi connectivity index (χ3n) is 4.27. The lowest BCUT2D eigenvalue weighted by Crippen LogP contribution is -2.23. The number of hydrogen-bond donors (Lipinski definition) is 0. The molecule has 21 heavy (non-hydrogen) atoms. The van der Waals surface area contributed by atoms with Crippen molar-refractivity contribution < 1.29 is 0 Å². The van der Waals surface area contributed by atoms with E-state index >= 15 is 0 Å². The van der Waals surface area contributed by atoms with Gasteiger partial charge in [0.2, 0.25) is 0 Å². The van der Waals surface area contributed by atoms with Crippen LogP contribution in [0.1, 0.15) is 24.0 Å². The summed E-state index contributed by atoms with van der Waals surface area (Å²) in [5.41, 5.74) is 5.46. The Bertz CT molecular complexity index is 667. The minimum absolute atomic E-state index is 0.0147. The molecule has 0 N–H and O–H groups in total. The SMILES string of the molecule is C=CCC1(CC=C)c2ccc(Br)cc2-c2cc(I)ccc21. The zero-order chi connectivity index (χ0) is 15.0. The van der Waals surface area contributed by atoms with Gasteiger partial charge in [-0.05, 0) is 82.0 Å². The summed E-state index contributed by atoms with van der Waals surface area (Å²) >= 11 is 5.99. The van der Waals surface area contributed by atoms with Crippen LogP contribution in [0.25, 0.3) is 11.1 Å². The molecule has 1 aliphatic carbocycles. The molecule has 0 heterocycles. The Hall–Kier alpha value is -0.870. The zero-order valence-corrected chi connectivity index (χ0v) is 15.4. The monoisotopic (exact) mass is 450 g/mol. The lowest BCUT2D eigenvalue weighted by Gasteiger charge is -2.30. The summed E-state index contributed by atoms with van der Waals surface area (Å²) in [4.78, 5) is 0. The van der Waals surface area contributed by atoms with Crippen molar-refractivity contribution in [2.24, 2.45) is 0 Å². The van der Waals surface area contributed by atoms with E-state index in [-0.39, 0.29) is 5.41 Å². The fourth-order valence-corrected chi connectivity index (χ4v) is 4.33. The molecule has 0 radical (unpaired) electrons. The summed E-state index contributed by atoms with van der Waals surface area (Å²) in [6.45, 7) is 7.97. The van der Waals surface area contributed by atoms with Gasteiger partial charge in [-0.15, -0.1) is 13.2 Å². The van der Waals surface area contributed by atoms with Crippen LogP contribution in [0.4, 0.5) is 0 Å². The molecule has 0 aromatic heterocycles. The second-order valence-corrected chi connectivity index (χ2v) is 7.61. The van der Waals surface area contributed by atoms with Gasteiger partial charge in [0.1, 0.15) is 0 Å². The predicted molar refractivity (Wildman–Crippen MR) is 103 cm³/mol. The van der Waals surface area contributed by atoms with Gasteiger partial charge in [-0.25, -0.2) is 0 Å². The van der Waals surface area contributed by atoms with E-state index in [1.807, 2.05) is 12.2 Å². The second-order valence-electron chi connectivity index (χ2n) is 5.45. The fraction of sp³-hybridized carbons (Fsp3) is 0.158. The van der Waals surface area contributed by atoms with Crippen LogP contribution >= 0.6 is 38.5 Å². The molecule has 0 bridgehead atoms. The number of hydrogen-bond acceptors (Lipinski definition) is 0. The summed E-state index contributed by atoms with van der Waals surface area (Å²) in [5, 5.41) is 0. The van der Waals surface area contributed by atoms with Crippen LogP contribution in [-0.2, 0) is 5.41 Å². The van der Waals surface area contributed by atoms with Crippen LogP contribution in [-0.4, -0.2) is 0 Å². The van der Waals surface area contributed by atoms with Crippen molar-refractivity contribution in [2.45, 2.75) is 18.3 Å². The Balaban J connectivity index is 2.37. The van der Waals surface area contributed by atoms with Crippen LogP contribution in [0.2, 0.25) is 0 Å².